The molecule has 32 heavy (non-hydrogen) atoms. The fourth-order valence-corrected chi connectivity index (χ4v) is 5.66. The van der Waals surface area contributed by atoms with Crippen molar-refractivity contribution in [1.29, 1.82) is 0 Å². The molecule has 3 aliphatic rings. The van der Waals surface area contributed by atoms with Crippen molar-refractivity contribution in [1.82, 2.24) is 10.1 Å². The lowest BCUT2D eigenvalue weighted by molar-refractivity contribution is -0.384. The van der Waals surface area contributed by atoms with Crippen molar-refractivity contribution in [3.05, 3.63) is 58.6 Å². The summed E-state index contributed by atoms with van der Waals surface area (Å²) in [5.74, 6) is 0.481. The third-order valence-corrected chi connectivity index (χ3v) is 7.02. The summed E-state index contributed by atoms with van der Waals surface area (Å²) in [7, 11) is 0. The van der Waals surface area contributed by atoms with Gasteiger partial charge >= 0.3 is 0 Å². The second-order valence-electron chi connectivity index (χ2n) is 8.68. The molecule has 0 unspecified atom stereocenters. The number of amides is 2. The number of rotatable bonds is 4. The second kappa shape index (κ2) is 6.81. The summed E-state index contributed by atoms with van der Waals surface area (Å²) in [6.45, 7) is 0. The molecule has 2 aromatic carbocycles. The van der Waals surface area contributed by atoms with Gasteiger partial charge in [0.25, 0.3) is 11.6 Å². The van der Waals surface area contributed by atoms with E-state index in [2.05, 4.69) is 10.1 Å². The molecule has 1 aliphatic heterocycles. The van der Waals surface area contributed by atoms with Gasteiger partial charge in [0, 0.05) is 23.3 Å². The fourth-order valence-electron chi connectivity index (χ4n) is 5.66. The Kier molecular flexibility index (Phi) is 4.01. The minimum absolute atomic E-state index is 0.0681. The average molecular weight is 430 g/mol. The minimum Gasteiger partial charge on any atom is -0.334 e. The van der Waals surface area contributed by atoms with Crippen molar-refractivity contribution in [2.24, 2.45) is 23.7 Å². The van der Waals surface area contributed by atoms with Gasteiger partial charge in [-0.1, -0.05) is 23.4 Å². The molecule has 2 aliphatic carbocycles. The van der Waals surface area contributed by atoms with Gasteiger partial charge < -0.3 is 4.52 Å². The Morgan fingerprint density at radius 3 is 2.38 bits per heavy atom. The first-order chi connectivity index (χ1) is 15.5. The molecule has 2 saturated carbocycles. The van der Waals surface area contributed by atoms with Crippen LogP contribution >= 0.6 is 0 Å². The standard InChI is InChI=1S/C23H18N4O5/c28-22-18-12-7-8-13(9-12)19(18)23(29)26(22)16-5-2-4-15(11-16)21-24-20(25-32-21)14-3-1-6-17(10-14)27(30)31/h1-6,10-13,18-19H,7-9H2/t12-,13-,18-,19-/m0/s1. The van der Waals surface area contributed by atoms with Gasteiger partial charge in [0.05, 0.1) is 22.4 Å². The normalized spacial score (nSPS) is 26.1. The van der Waals surface area contributed by atoms with Crippen molar-refractivity contribution in [2.45, 2.75) is 19.3 Å². The molecule has 1 aromatic heterocycles. The van der Waals surface area contributed by atoms with Crippen LogP contribution < -0.4 is 4.90 Å². The van der Waals surface area contributed by atoms with Gasteiger partial charge in [-0.2, -0.15) is 4.98 Å². The smallest absolute Gasteiger partial charge is 0.270 e. The molecular weight excluding hydrogens is 412 g/mol. The monoisotopic (exact) mass is 430 g/mol. The molecule has 3 aromatic rings. The van der Waals surface area contributed by atoms with Crippen LogP contribution in [0.5, 0.6) is 0 Å². The lowest BCUT2D eigenvalue weighted by Crippen LogP contribution is -2.32. The molecule has 160 valence electrons. The Bertz CT molecular complexity index is 1260. The molecule has 1 saturated heterocycles. The molecule has 9 heteroatoms. The fraction of sp³-hybridized carbons (Fsp3) is 0.304. The maximum absolute atomic E-state index is 13.1. The van der Waals surface area contributed by atoms with Gasteiger partial charge in [-0.15, -0.1) is 0 Å². The summed E-state index contributed by atoms with van der Waals surface area (Å²) in [6.07, 6.45) is 3.05. The summed E-state index contributed by atoms with van der Waals surface area (Å²) in [4.78, 5) is 42.4. The zero-order valence-corrected chi connectivity index (χ0v) is 16.9. The van der Waals surface area contributed by atoms with Crippen LogP contribution in [0.1, 0.15) is 19.3 Å². The van der Waals surface area contributed by atoms with Crippen molar-refractivity contribution in [3.63, 3.8) is 0 Å². The summed E-state index contributed by atoms with van der Waals surface area (Å²) in [5, 5.41) is 15.0. The molecule has 3 fully saturated rings. The van der Waals surface area contributed by atoms with E-state index in [9.17, 15) is 19.7 Å². The Balaban J connectivity index is 1.31. The van der Waals surface area contributed by atoms with Crippen LogP contribution in [0.2, 0.25) is 0 Å². The Morgan fingerprint density at radius 2 is 1.66 bits per heavy atom. The van der Waals surface area contributed by atoms with Crippen molar-refractivity contribution >= 4 is 23.2 Å². The highest BCUT2D eigenvalue weighted by Crippen LogP contribution is 2.56. The topological polar surface area (TPSA) is 119 Å². The first-order valence-electron chi connectivity index (χ1n) is 10.6. The third kappa shape index (κ3) is 2.70. The van der Waals surface area contributed by atoms with Crippen molar-refractivity contribution in [2.75, 3.05) is 4.90 Å². The highest BCUT2D eigenvalue weighted by Gasteiger charge is 2.61. The lowest BCUT2D eigenvalue weighted by atomic mass is 9.81. The number of nitro groups is 1. The summed E-state index contributed by atoms with van der Waals surface area (Å²) in [6, 6.07) is 12.9. The molecule has 4 atom stereocenters. The third-order valence-electron chi connectivity index (χ3n) is 7.02. The largest absolute Gasteiger partial charge is 0.334 e. The number of carbonyl (C=O) groups excluding carboxylic acids is 2. The Morgan fingerprint density at radius 1 is 0.969 bits per heavy atom. The molecule has 2 bridgehead atoms. The highest BCUT2D eigenvalue weighted by atomic mass is 16.6. The first-order valence-corrected chi connectivity index (χ1v) is 10.6. The number of imide groups is 1. The summed E-state index contributed by atoms with van der Waals surface area (Å²) < 4.78 is 5.38. The van der Waals surface area contributed by atoms with E-state index in [0.29, 0.717) is 28.7 Å². The highest BCUT2D eigenvalue weighted by molar-refractivity contribution is 6.22. The van der Waals surface area contributed by atoms with E-state index in [1.54, 1.807) is 36.4 Å². The number of fused-ring (bicyclic) bond motifs is 5. The van der Waals surface area contributed by atoms with Crippen LogP contribution in [-0.4, -0.2) is 26.9 Å². The number of benzene rings is 2. The zero-order chi connectivity index (χ0) is 22.0. The lowest BCUT2D eigenvalue weighted by Gasteiger charge is -2.19. The predicted octanol–water partition coefficient (Wildman–Crippen LogP) is 3.85. The first kappa shape index (κ1) is 18.9. The SMILES string of the molecule is O=C1[C@H]2[C@H]3CC[C@@H](C3)[C@@H]2C(=O)N1c1cccc(-c2nc(-c3cccc([N+](=O)[O-])c3)no2)c1. The quantitative estimate of drug-likeness (QED) is 0.350. The molecule has 2 heterocycles. The average Bonchev–Trinajstić information content (AvgIpc) is 3.58. The van der Waals surface area contributed by atoms with Crippen LogP contribution in [0.4, 0.5) is 11.4 Å². The molecule has 0 radical (unpaired) electrons. The predicted molar refractivity (Wildman–Crippen MR) is 112 cm³/mol. The number of nitro benzene ring substituents is 1. The number of hydrogen-bond donors (Lipinski definition) is 0. The number of non-ortho nitro benzene ring substituents is 1. The summed E-state index contributed by atoms with van der Waals surface area (Å²) in [5.41, 5.74) is 1.45. The number of hydrogen-bond acceptors (Lipinski definition) is 7. The molecular formula is C23H18N4O5. The summed E-state index contributed by atoms with van der Waals surface area (Å²) >= 11 is 0. The maximum atomic E-state index is 13.1. The van der Waals surface area contributed by atoms with Gasteiger partial charge in [0.2, 0.25) is 17.6 Å². The van der Waals surface area contributed by atoms with Crippen LogP contribution in [0.25, 0.3) is 22.8 Å². The van der Waals surface area contributed by atoms with Crippen LogP contribution in [-0.2, 0) is 9.59 Å². The molecule has 0 N–H and O–H groups in total. The van der Waals surface area contributed by atoms with Gasteiger partial charge in [-0.05, 0) is 49.3 Å². The van der Waals surface area contributed by atoms with E-state index in [1.807, 2.05) is 0 Å². The van der Waals surface area contributed by atoms with E-state index >= 15 is 0 Å². The van der Waals surface area contributed by atoms with E-state index in [1.165, 1.54) is 17.0 Å². The van der Waals surface area contributed by atoms with Gasteiger partial charge in [0.1, 0.15) is 0 Å². The zero-order valence-electron chi connectivity index (χ0n) is 16.9. The van der Waals surface area contributed by atoms with Gasteiger partial charge in [-0.3, -0.25) is 24.6 Å². The number of anilines is 1. The molecule has 6 rings (SSSR count). The molecule has 2 amide bonds. The maximum Gasteiger partial charge on any atom is 0.270 e. The number of carbonyl (C=O) groups is 2. The van der Waals surface area contributed by atoms with Gasteiger partial charge in [0.15, 0.2) is 0 Å². The number of aromatic nitrogens is 2. The van der Waals surface area contributed by atoms with E-state index in [4.69, 9.17) is 4.52 Å². The van der Waals surface area contributed by atoms with E-state index in [-0.39, 0.29) is 41.1 Å². The van der Waals surface area contributed by atoms with E-state index in [0.717, 1.165) is 19.3 Å². The molecule has 0 spiro atoms. The Hall–Kier alpha value is -3.88. The molecule has 9 nitrogen and oxygen atoms in total. The van der Waals surface area contributed by atoms with Crippen molar-refractivity contribution in [3.8, 4) is 22.8 Å². The van der Waals surface area contributed by atoms with E-state index < -0.39 is 4.92 Å². The second-order valence-corrected chi connectivity index (χ2v) is 8.68. The Labute approximate surface area is 182 Å². The van der Waals surface area contributed by atoms with Crippen LogP contribution in [0.15, 0.2) is 53.1 Å². The van der Waals surface area contributed by atoms with Crippen LogP contribution in [0, 0.1) is 33.8 Å². The van der Waals surface area contributed by atoms with Crippen LogP contribution in [0.3, 0.4) is 0 Å². The number of nitrogens with zero attached hydrogens (tertiary/aromatic N) is 4. The van der Waals surface area contributed by atoms with Crippen molar-refractivity contribution < 1.29 is 19.0 Å². The van der Waals surface area contributed by atoms with Gasteiger partial charge in [-0.25, -0.2) is 0 Å². The minimum atomic E-state index is -0.487.